The molecular formula is C19H25N7O4S. The van der Waals surface area contributed by atoms with E-state index in [0.717, 1.165) is 45.8 Å². The van der Waals surface area contributed by atoms with Crippen LogP contribution in [0.4, 0.5) is 5.69 Å². The maximum atomic E-state index is 11.2. The van der Waals surface area contributed by atoms with Gasteiger partial charge in [0.1, 0.15) is 17.1 Å². The first-order chi connectivity index (χ1) is 14.9. The van der Waals surface area contributed by atoms with Crippen LogP contribution in [0.1, 0.15) is 23.6 Å². The Morgan fingerprint density at radius 2 is 2.03 bits per heavy atom. The third-order valence-corrected chi connectivity index (χ3v) is 5.74. The predicted molar refractivity (Wildman–Crippen MR) is 114 cm³/mol. The highest BCUT2D eigenvalue weighted by atomic mass is 32.1. The van der Waals surface area contributed by atoms with Gasteiger partial charge in [-0.1, -0.05) is 0 Å². The lowest BCUT2D eigenvalue weighted by Gasteiger charge is -2.26. The quantitative estimate of drug-likeness (QED) is 0.318. The number of hydrogen-bond donors (Lipinski definition) is 1. The number of aryl methyl sites for hydroxylation is 1. The van der Waals surface area contributed by atoms with Gasteiger partial charge in [0.25, 0.3) is 0 Å². The second-order valence-corrected chi connectivity index (χ2v) is 7.90. The summed E-state index contributed by atoms with van der Waals surface area (Å²) in [5.74, 6) is 1.85. The Bertz CT molecular complexity index is 1120. The molecule has 0 unspecified atom stereocenters. The summed E-state index contributed by atoms with van der Waals surface area (Å²) in [6.07, 6.45) is 0.934. The Morgan fingerprint density at radius 1 is 1.26 bits per heavy atom. The Balaban J connectivity index is 1.46. The van der Waals surface area contributed by atoms with Crippen LogP contribution in [0.3, 0.4) is 0 Å². The van der Waals surface area contributed by atoms with E-state index in [1.807, 2.05) is 16.7 Å². The van der Waals surface area contributed by atoms with Crippen LogP contribution >= 0.6 is 12.2 Å². The molecule has 1 aliphatic rings. The molecule has 0 spiro atoms. The maximum Gasteiger partial charge on any atom is 0.312 e. The van der Waals surface area contributed by atoms with Crippen LogP contribution in [-0.2, 0) is 17.8 Å². The molecule has 0 saturated carbocycles. The van der Waals surface area contributed by atoms with Gasteiger partial charge in [-0.3, -0.25) is 29.4 Å². The van der Waals surface area contributed by atoms with E-state index >= 15 is 0 Å². The maximum absolute atomic E-state index is 11.2. The summed E-state index contributed by atoms with van der Waals surface area (Å²) < 4.78 is 15.4. The molecule has 12 heteroatoms. The SMILES string of the molecule is Cc1nn(Cc2ccc(-c3n[nH]c(=S)n3CCCN3CCOCC3)o2)c(C)c1[N+](=O)[O-]. The molecule has 0 aliphatic carbocycles. The van der Waals surface area contributed by atoms with Crippen LogP contribution in [0.5, 0.6) is 0 Å². The minimum atomic E-state index is -0.406. The molecule has 0 bridgehead atoms. The number of aromatic nitrogens is 5. The van der Waals surface area contributed by atoms with Crippen molar-refractivity contribution in [1.82, 2.24) is 29.4 Å². The standard InChI is InChI=1S/C19H25N7O4S/c1-13-17(26(27)28)14(2)25(22-13)12-15-4-5-16(30-15)18-20-21-19(31)24(18)7-3-6-23-8-10-29-11-9-23/h4-5H,3,6-12H2,1-2H3,(H,21,31). The fourth-order valence-corrected chi connectivity index (χ4v) is 4.05. The van der Waals surface area contributed by atoms with Crippen molar-refractivity contribution in [2.75, 3.05) is 32.8 Å². The minimum Gasteiger partial charge on any atom is -0.456 e. The summed E-state index contributed by atoms with van der Waals surface area (Å²) in [6.45, 7) is 8.77. The average Bonchev–Trinajstić information content (AvgIpc) is 3.41. The fraction of sp³-hybridized carbons (Fsp3) is 0.526. The summed E-state index contributed by atoms with van der Waals surface area (Å²) >= 11 is 5.40. The normalized spacial score (nSPS) is 14.9. The highest BCUT2D eigenvalue weighted by molar-refractivity contribution is 7.71. The van der Waals surface area contributed by atoms with Gasteiger partial charge in [-0.2, -0.15) is 10.2 Å². The van der Waals surface area contributed by atoms with Crippen molar-refractivity contribution >= 4 is 17.9 Å². The van der Waals surface area contributed by atoms with Gasteiger partial charge < -0.3 is 9.15 Å². The number of furan rings is 1. The number of hydrogen-bond acceptors (Lipinski definition) is 8. The van der Waals surface area contributed by atoms with Crippen molar-refractivity contribution in [2.24, 2.45) is 0 Å². The Kier molecular flexibility index (Phi) is 6.30. The zero-order valence-corrected chi connectivity index (χ0v) is 18.4. The molecule has 0 aromatic carbocycles. The molecule has 4 heterocycles. The molecule has 1 saturated heterocycles. The van der Waals surface area contributed by atoms with Crippen molar-refractivity contribution < 1.29 is 14.1 Å². The van der Waals surface area contributed by atoms with E-state index in [4.69, 9.17) is 21.4 Å². The van der Waals surface area contributed by atoms with Gasteiger partial charge >= 0.3 is 5.69 Å². The number of aromatic amines is 1. The first-order valence-electron chi connectivity index (χ1n) is 10.2. The summed E-state index contributed by atoms with van der Waals surface area (Å²) in [7, 11) is 0. The molecule has 1 aliphatic heterocycles. The molecule has 0 radical (unpaired) electrons. The highest BCUT2D eigenvalue weighted by Crippen LogP contribution is 2.25. The van der Waals surface area contributed by atoms with E-state index in [0.29, 0.717) is 40.0 Å². The second-order valence-electron chi connectivity index (χ2n) is 7.51. The van der Waals surface area contributed by atoms with Crippen LogP contribution < -0.4 is 0 Å². The third-order valence-electron chi connectivity index (χ3n) is 5.43. The molecule has 4 rings (SSSR count). The summed E-state index contributed by atoms with van der Waals surface area (Å²) in [5.41, 5.74) is 0.912. The van der Waals surface area contributed by atoms with Crippen molar-refractivity contribution in [3.63, 3.8) is 0 Å². The number of nitrogens with one attached hydrogen (secondary N) is 1. The number of ether oxygens (including phenoxy) is 1. The fourth-order valence-electron chi connectivity index (χ4n) is 3.83. The van der Waals surface area contributed by atoms with Crippen LogP contribution in [0.15, 0.2) is 16.5 Å². The molecule has 11 nitrogen and oxygen atoms in total. The molecule has 31 heavy (non-hydrogen) atoms. The zero-order valence-electron chi connectivity index (χ0n) is 17.5. The number of nitro groups is 1. The first kappa shape index (κ1) is 21.4. The molecule has 1 fully saturated rings. The number of morpholine rings is 1. The van der Waals surface area contributed by atoms with Crippen molar-refractivity contribution in [3.8, 4) is 11.6 Å². The Hall–Kier alpha value is -2.83. The molecule has 3 aromatic heterocycles. The molecule has 166 valence electrons. The smallest absolute Gasteiger partial charge is 0.312 e. The number of H-pyrrole nitrogens is 1. The van der Waals surface area contributed by atoms with Crippen LogP contribution in [0.25, 0.3) is 11.6 Å². The number of nitrogens with zero attached hydrogens (tertiary/aromatic N) is 6. The van der Waals surface area contributed by atoms with Crippen molar-refractivity contribution in [3.05, 3.63) is 44.2 Å². The van der Waals surface area contributed by atoms with E-state index in [1.165, 1.54) is 0 Å². The largest absolute Gasteiger partial charge is 0.456 e. The number of rotatable bonds is 8. The highest BCUT2D eigenvalue weighted by Gasteiger charge is 2.22. The Labute approximate surface area is 183 Å². The van der Waals surface area contributed by atoms with Crippen molar-refractivity contribution in [1.29, 1.82) is 0 Å². The monoisotopic (exact) mass is 447 g/mol. The lowest BCUT2D eigenvalue weighted by molar-refractivity contribution is -0.386. The lowest BCUT2D eigenvalue weighted by Crippen LogP contribution is -2.37. The van der Waals surface area contributed by atoms with Crippen LogP contribution in [-0.4, -0.2) is 67.2 Å². The van der Waals surface area contributed by atoms with Crippen LogP contribution in [0, 0.1) is 28.7 Å². The van der Waals surface area contributed by atoms with Gasteiger partial charge in [0.15, 0.2) is 16.4 Å². The van der Waals surface area contributed by atoms with Crippen LogP contribution in [0.2, 0.25) is 0 Å². The summed E-state index contributed by atoms with van der Waals surface area (Å²) in [6, 6.07) is 3.66. The molecule has 0 atom stereocenters. The van der Waals surface area contributed by atoms with Crippen molar-refractivity contribution in [2.45, 2.75) is 33.4 Å². The van der Waals surface area contributed by atoms with E-state index < -0.39 is 4.92 Å². The van der Waals surface area contributed by atoms with Gasteiger partial charge in [-0.05, 0) is 44.6 Å². The van der Waals surface area contributed by atoms with E-state index in [2.05, 4.69) is 20.2 Å². The van der Waals surface area contributed by atoms with E-state index in [1.54, 1.807) is 18.5 Å². The minimum absolute atomic E-state index is 0.0351. The Morgan fingerprint density at radius 3 is 2.74 bits per heavy atom. The zero-order chi connectivity index (χ0) is 22.0. The van der Waals surface area contributed by atoms with E-state index in [9.17, 15) is 10.1 Å². The van der Waals surface area contributed by atoms with Gasteiger partial charge in [0, 0.05) is 26.2 Å². The second kappa shape index (κ2) is 9.12. The third kappa shape index (κ3) is 4.60. The van der Waals surface area contributed by atoms with Gasteiger partial charge in [-0.25, -0.2) is 0 Å². The average molecular weight is 448 g/mol. The molecular weight excluding hydrogens is 422 g/mol. The lowest BCUT2D eigenvalue weighted by atomic mass is 10.3. The van der Waals surface area contributed by atoms with Gasteiger partial charge in [0.05, 0.1) is 24.7 Å². The predicted octanol–water partition coefficient (Wildman–Crippen LogP) is 2.69. The van der Waals surface area contributed by atoms with E-state index in [-0.39, 0.29) is 5.69 Å². The van der Waals surface area contributed by atoms with Gasteiger partial charge in [0.2, 0.25) is 0 Å². The topological polar surface area (TPSA) is 120 Å². The molecule has 3 aromatic rings. The summed E-state index contributed by atoms with van der Waals surface area (Å²) in [5, 5.41) is 22.7. The summed E-state index contributed by atoms with van der Waals surface area (Å²) in [4.78, 5) is 13.2. The molecule has 0 amide bonds. The molecule has 1 N–H and O–H groups in total. The first-order valence-corrected chi connectivity index (χ1v) is 10.6. The van der Waals surface area contributed by atoms with Gasteiger partial charge in [-0.15, -0.1) is 0 Å².